The van der Waals surface area contributed by atoms with E-state index < -0.39 is 5.97 Å². The molecule has 0 aliphatic heterocycles. The van der Waals surface area contributed by atoms with Crippen LogP contribution in [0.3, 0.4) is 0 Å². The lowest BCUT2D eigenvalue weighted by atomic mass is 10.0. The van der Waals surface area contributed by atoms with E-state index in [-0.39, 0.29) is 18.5 Å². The maximum absolute atomic E-state index is 12.5. The third-order valence-electron chi connectivity index (χ3n) is 7.41. The second-order valence-corrected chi connectivity index (χ2v) is 11.3. The molecule has 4 heteroatoms. The van der Waals surface area contributed by atoms with E-state index in [1.54, 1.807) is 0 Å². The van der Waals surface area contributed by atoms with Gasteiger partial charge in [-0.15, -0.1) is 0 Å². The molecule has 0 aromatic carbocycles. The topological polar surface area (TPSA) is 63.6 Å². The number of rotatable bonds is 30. The first-order chi connectivity index (χ1) is 19.1. The van der Waals surface area contributed by atoms with Crippen molar-refractivity contribution in [2.45, 2.75) is 187 Å². The molecule has 4 nitrogen and oxygen atoms in total. The molecule has 0 bridgehead atoms. The van der Waals surface area contributed by atoms with Crippen molar-refractivity contribution in [2.24, 2.45) is 0 Å². The Hall–Kier alpha value is -1.58. The monoisotopic (exact) mass is 548 g/mol. The van der Waals surface area contributed by atoms with Gasteiger partial charge in [-0.05, 0) is 64.2 Å². The van der Waals surface area contributed by atoms with Crippen LogP contribution in [0.5, 0.6) is 0 Å². The molecule has 1 N–H and O–H groups in total. The van der Waals surface area contributed by atoms with Crippen molar-refractivity contribution in [2.75, 3.05) is 0 Å². The molecule has 0 saturated carbocycles. The second kappa shape index (κ2) is 31.0. The van der Waals surface area contributed by atoms with Crippen molar-refractivity contribution in [3.63, 3.8) is 0 Å². The summed E-state index contributed by atoms with van der Waals surface area (Å²) in [6, 6.07) is 0. The number of carbonyl (C=O) groups is 2. The minimum absolute atomic E-state index is 0.0138. The molecule has 0 aliphatic rings. The number of hydrogen-bond donors (Lipinski definition) is 1. The van der Waals surface area contributed by atoms with E-state index in [0.29, 0.717) is 6.42 Å². The average molecular weight is 549 g/mol. The Kier molecular flexibility index (Phi) is 29.7. The Morgan fingerprint density at radius 3 is 1.62 bits per heavy atom. The van der Waals surface area contributed by atoms with Crippen LogP contribution in [0.1, 0.15) is 181 Å². The number of aliphatic carboxylic acids is 1. The number of unbranched alkanes of at least 4 members (excludes halogenated alkanes) is 17. The highest BCUT2D eigenvalue weighted by Crippen LogP contribution is 2.18. The molecule has 0 aliphatic carbocycles. The first-order valence-corrected chi connectivity index (χ1v) is 16.8. The van der Waals surface area contributed by atoms with E-state index >= 15 is 0 Å². The van der Waals surface area contributed by atoms with Gasteiger partial charge in [0.15, 0.2) is 0 Å². The fourth-order valence-electron chi connectivity index (χ4n) is 4.93. The van der Waals surface area contributed by atoms with Crippen molar-refractivity contribution >= 4 is 11.9 Å². The molecule has 1 atom stereocenters. The third-order valence-corrected chi connectivity index (χ3v) is 7.41. The van der Waals surface area contributed by atoms with Gasteiger partial charge in [0.2, 0.25) is 0 Å². The zero-order valence-corrected chi connectivity index (χ0v) is 25.9. The Balaban J connectivity index is 4.05. The lowest BCUT2D eigenvalue weighted by Crippen LogP contribution is -2.18. The molecule has 0 amide bonds. The summed E-state index contributed by atoms with van der Waals surface area (Å²) in [5.41, 5.74) is 0. The van der Waals surface area contributed by atoms with Crippen LogP contribution in [0.15, 0.2) is 24.3 Å². The van der Waals surface area contributed by atoms with Gasteiger partial charge in [0.1, 0.15) is 6.10 Å². The maximum Gasteiger partial charge on any atom is 0.306 e. The second-order valence-electron chi connectivity index (χ2n) is 11.3. The van der Waals surface area contributed by atoms with E-state index in [4.69, 9.17) is 9.84 Å². The predicted octanol–water partition coefficient (Wildman–Crippen LogP) is 11.3. The summed E-state index contributed by atoms with van der Waals surface area (Å²) >= 11 is 0. The first kappa shape index (κ1) is 37.4. The first-order valence-electron chi connectivity index (χ1n) is 16.8. The van der Waals surface area contributed by atoms with Gasteiger partial charge in [-0.2, -0.15) is 0 Å². The molecule has 0 heterocycles. The minimum atomic E-state index is -0.703. The Labute approximate surface area is 242 Å². The number of carbonyl (C=O) groups excluding carboxylic acids is 1. The van der Waals surface area contributed by atoms with Gasteiger partial charge in [-0.25, -0.2) is 0 Å². The van der Waals surface area contributed by atoms with E-state index in [2.05, 4.69) is 38.2 Å². The smallest absolute Gasteiger partial charge is 0.306 e. The van der Waals surface area contributed by atoms with E-state index in [9.17, 15) is 9.59 Å². The zero-order chi connectivity index (χ0) is 28.7. The van der Waals surface area contributed by atoms with E-state index in [1.165, 1.54) is 77.0 Å². The fraction of sp³-hybridized carbons (Fsp3) is 0.829. The van der Waals surface area contributed by atoms with Gasteiger partial charge in [0.05, 0.1) is 0 Å². The van der Waals surface area contributed by atoms with Gasteiger partial charge < -0.3 is 9.84 Å². The zero-order valence-electron chi connectivity index (χ0n) is 25.9. The standard InChI is InChI=1S/C35H64O4/c1-3-5-7-9-11-13-14-15-16-17-19-24-28-32-35(38)39-33(29-25-21-18-12-10-8-6-4-2)30-26-22-20-23-27-31-34(36)37/h7,9,13-14,33H,3-6,8,10-12,15-32H2,1-2H3,(H,36,37)/b9-7-,14-13-. The number of allylic oxidation sites excluding steroid dienone is 4. The molecular formula is C35H64O4. The quantitative estimate of drug-likeness (QED) is 0.0550. The summed E-state index contributed by atoms with van der Waals surface area (Å²) in [4.78, 5) is 23.2. The van der Waals surface area contributed by atoms with Crippen LogP contribution in [0.25, 0.3) is 0 Å². The predicted molar refractivity (Wildman–Crippen MR) is 167 cm³/mol. The highest BCUT2D eigenvalue weighted by atomic mass is 16.5. The number of carboxylic acids is 1. The SMILES string of the molecule is CCC/C=C\C/C=C\CCCCCCCC(=O)OC(CCCCCCCCCC)CCCCCCCC(=O)O. The molecule has 0 radical (unpaired) electrons. The summed E-state index contributed by atoms with van der Waals surface area (Å²) in [5.74, 6) is -0.717. The van der Waals surface area contributed by atoms with Gasteiger partial charge in [0, 0.05) is 12.8 Å². The minimum Gasteiger partial charge on any atom is -0.481 e. The fourth-order valence-corrected chi connectivity index (χ4v) is 4.93. The van der Waals surface area contributed by atoms with Crippen LogP contribution < -0.4 is 0 Å². The van der Waals surface area contributed by atoms with Crippen molar-refractivity contribution in [1.82, 2.24) is 0 Å². The summed E-state index contributed by atoms with van der Waals surface area (Å²) < 4.78 is 5.95. The van der Waals surface area contributed by atoms with Crippen LogP contribution in [0.4, 0.5) is 0 Å². The van der Waals surface area contributed by atoms with Crippen molar-refractivity contribution in [3.05, 3.63) is 24.3 Å². The van der Waals surface area contributed by atoms with Crippen molar-refractivity contribution in [3.8, 4) is 0 Å². The molecule has 0 rings (SSSR count). The lowest BCUT2D eigenvalue weighted by Gasteiger charge is -2.18. The van der Waals surface area contributed by atoms with Crippen LogP contribution >= 0.6 is 0 Å². The van der Waals surface area contributed by atoms with Gasteiger partial charge >= 0.3 is 11.9 Å². The van der Waals surface area contributed by atoms with Crippen molar-refractivity contribution < 1.29 is 19.4 Å². The van der Waals surface area contributed by atoms with E-state index in [0.717, 1.165) is 77.0 Å². The van der Waals surface area contributed by atoms with E-state index in [1.807, 2.05) is 0 Å². The molecule has 0 aromatic heterocycles. The Morgan fingerprint density at radius 2 is 1.05 bits per heavy atom. The normalized spacial score (nSPS) is 12.5. The van der Waals surface area contributed by atoms with Gasteiger partial charge in [0.25, 0.3) is 0 Å². The molecular weight excluding hydrogens is 484 g/mol. The summed E-state index contributed by atoms with van der Waals surface area (Å²) in [6.07, 6.45) is 37.5. The third kappa shape index (κ3) is 30.8. The van der Waals surface area contributed by atoms with Crippen LogP contribution in [0, 0.1) is 0 Å². The van der Waals surface area contributed by atoms with Crippen LogP contribution in [0.2, 0.25) is 0 Å². The number of ether oxygens (including phenoxy) is 1. The Morgan fingerprint density at radius 1 is 0.564 bits per heavy atom. The molecule has 228 valence electrons. The summed E-state index contributed by atoms with van der Waals surface area (Å²) in [5, 5.41) is 8.77. The highest BCUT2D eigenvalue weighted by Gasteiger charge is 2.14. The largest absolute Gasteiger partial charge is 0.481 e. The number of carboxylic acid groups (broad SMARTS) is 1. The number of esters is 1. The molecule has 0 spiro atoms. The molecule has 1 unspecified atom stereocenters. The van der Waals surface area contributed by atoms with Crippen LogP contribution in [-0.2, 0) is 14.3 Å². The van der Waals surface area contributed by atoms with Crippen LogP contribution in [-0.4, -0.2) is 23.1 Å². The molecule has 0 aromatic rings. The average Bonchev–Trinajstić information content (AvgIpc) is 2.91. The molecule has 0 saturated heterocycles. The molecule has 39 heavy (non-hydrogen) atoms. The Bertz CT molecular complexity index is 595. The van der Waals surface area contributed by atoms with Gasteiger partial charge in [-0.3, -0.25) is 9.59 Å². The summed E-state index contributed by atoms with van der Waals surface area (Å²) in [6.45, 7) is 4.46. The van der Waals surface area contributed by atoms with Gasteiger partial charge in [-0.1, -0.05) is 128 Å². The van der Waals surface area contributed by atoms with Crippen molar-refractivity contribution in [1.29, 1.82) is 0 Å². The molecule has 0 fully saturated rings. The highest BCUT2D eigenvalue weighted by molar-refractivity contribution is 5.69. The lowest BCUT2D eigenvalue weighted by molar-refractivity contribution is -0.150. The summed E-state index contributed by atoms with van der Waals surface area (Å²) in [7, 11) is 0. The maximum atomic E-state index is 12.5. The number of hydrogen-bond acceptors (Lipinski definition) is 3.